The van der Waals surface area contributed by atoms with E-state index in [0.717, 1.165) is 12.7 Å². The Bertz CT molecular complexity index is 678. The molecule has 0 radical (unpaired) electrons. The molecule has 8 nitrogen and oxygen atoms in total. The third-order valence-corrected chi connectivity index (χ3v) is 5.09. The lowest BCUT2D eigenvalue weighted by Crippen LogP contribution is -2.64. The normalized spacial score (nSPS) is 19.2. The molecule has 25 heavy (non-hydrogen) atoms. The van der Waals surface area contributed by atoms with Crippen molar-refractivity contribution < 1.29 is 31.6 Å². The van der Waals surface area contributed by atoms with Crippen molar-refractivity contribution in [1.29, 1.82) is 0 Å². The highest BCUT2D eigenvalue weighted by atomic mass is 32.2. The number of alkyl carbamates (subject to hydrolysis) is 1. The number of hydrogen-bond acceptors (Lipinski definition) is 7. The zero-order chi connectivity index (χ0) is 18.6. The van der Waals surface area contributed by atoms with Crippen molar-refractivity contribution >= 4 is 16.2 Å². The predicted octanol–water partition coefficient (Wildman–Crippen LogP) is 1.41. The molecule has 1 aliphatic rings. The van der Waals surface area contributed by atoms with E-state index < -0.39 is 33.3 Å². The van der Waals surface area contributed by atoms with E-state index in [2.05, 4.69) is 9.50 Å². The molecule has 0 aromatic heterocycles. The van der Waals surface area contributed by atoms with Gasteiger partial charge in [0.1, 0.15) is 17.9 Å². The average molecular weight is 373 g/mol. The summed E-state index contributed by atoms with van der Waals surface area (Å²) in [4.78, 5) is 12.1. The molecule has 1 saturated heterocycles. The minimum Gasteiger partial charge on any atom is -0.445 e. The standard InChI is InChI=1S/C16H23NO7S/c1-15(2)23-10-16(11-24-15,12-25(19,20)21-3)17-14(18)22-9-13-7-5-4-6-8-13/h4-8H,9-12H2,1-3H3,(H,17,18). The molecule has 1 fully saturated rings. The summed E-state index contributed by atoms with van der Waals surface area (Å²) in [6.07, 6.45) is -0.762. The highest BCUT2D eigenvalue weighted by Crippen LogP contribution is 2.25. The first-order valence-corrected chi connectivity index (χ1v) is 9.28. The fraction of sp³-hybridized carbons (Fsp3) is 0.562. The van der Waals surface area contributed by atoms with Gasteiger partial charge in [0.2, 0.25) is 0 Å². The average Bonchev–Trinajstić information content (AvgIpc) is 2.57. The van der Waals surface area contributed by atoms with Crippen molar-refractivity contribution in [3.8, 4) is 0 Å². The van der Waals surface area contributed by atoms with Crippen LogP contribution < -0.4 is 5.32 Å². The van der Waals surface area contributed by atoms with Gasteiger partial charge >= 0.3 is 6.09 Å². The van der Waals surface area contributed by atoms with E-state index in [1.54, 1.807) is 13.8 Å². The summed E-state index contributed by atoms with van der Waals surface area (Å²) in [6, 6.07) is 9.14. The first-order chi connectivity index (χ1) is 11.7. The van der Waals surface area contributed by atoms with Gasteiger partial charge in [-0.1, -0.05) is 30.3 Å². The van der Waals surface area contributed by atoms with Crippen LogP contribution in [0.3, 0.4) is 0 Å². The van der Waals surface area contributed by atoms with Gasteiger partial charge in [0, 0.05) is 0 Å². The lowest BCUT2D eigenvalue weighted by molar-refractivity contribution is -0.267. The SMILES string of the molecule is COS(=O)(=O)CC1(NC(=O)OCc2ccccc2)COC(C)(C)OC1. The zero-order valence-electron chi connectivity index (χ0n) is 14.5. The second-order valence-electron chi connectivity index (χ2n) is 6.31. The fourth-order valence-corrected chi connectivity index (χ4v) is 3.31. The number of rotatable bonds is 6. The monoisotopic (exact) mass is 373 g/mol. The van der Waals surface area contributed by atoms with Crippen LogP contribution in [0.2, 0.25) is 0 Å². The number of nitrogens with one attached hydrogen (secondary N) is 1. The Morgan fingerprint density at radius 3 is 2.36 bits per heavy atom. The maximum Gasteiger partial charge on any atom is 0.408 e. The minimum atomic E-state index is -3.86. The molecule has 1 aliphatic heterocycles. The summed E-state index contributed by atoms with van der Waals surface area (Å²) < 4.78 is 44.4. The molecular formula is C16H23NO7S. The van der Waals surface area contributed by atoms with Crippen LogP contribution in [0.5, 0.6) is 0 Å². The summed E-state index contributed by atoms with van der Waals surface area (Å²) in [5.41, 5.74) is -0.480. The highest BCUT2D eigenvalue weighted by molar-refractivity contribution is 7.86. The van der Waals surface area contributed by atoms with Gasteiger partial charge in [-0.05, 0) is 19.4 Å². The number of ether oxygens (including phenoxy) is 3. The molecule has 1 N–H and O–H groups in total. The van der Waals surface area contributed by atoms with Crippen LogP contribution in [0.4, 0.5) is 4.79 Å². The Labute approximate surface area is 147 Å². The van der Waals surface area contributed by atoms with E-state index in [-0.39, 0.29) is 19.8 Å². The van der Waals surface area contributed by atoms with Gasteiger partial charge in [-0.15, -0.1) is 0 Å². The van der Waals surface area contributed by atoms with E-state index in [4.69, 9.17) is 14.2 Å². The van der Waals surface area contributed by atoms with Crippen LogP contribution in [0, 0.1) is 0 Å². The molecule has 0 bridgehead atoms. The summed E-state index contributed by atoms with van der Waals surface area (Å²) in [5, 5.41) is 2.56. The molecule has 0 atom stereocenters. The van der Waals surface area contributed by atoms with Gasteiger partial charge in [-0.25, -0.2) is 4.79 Å². The number of carbonyl (C=O) groups is 1. The molecule has 1 amide bonds. The van der Waals surface area contributed by atoms with E-state index in [1.807, 2.05) is 30.3 Å². The molecule has 0 aliphatic carbocycles. The zero-order valence-corrected chi connectivity index (χ0v) is 15.3. The van der Waals surface area contributed by atoms with Gasteiger partial charge in [0.15, 0.2) is 5.79 Å². The Kier molecular flexibility index (Phi) is 6.04. The number of carbonyl (C=O) groups excluding carboxylic acids is 1. The smallest absolute Gasteiger partial charge is 0.408 e. The molecule has 9 heteroatoms. The molecule has 2 rings (SSSR count). The number of amides is 1. The lowest BCUT2D eigenvalue weighted by Gasteiger charge is -2.42. The molecule has 140 valence electrons. The number of hydrogen-bond donors (Lipinski definition) is 1. The molecule has 1 aromatic carbocycles. The second-order valence-corrected chi connectivity index (χ2v) is 8.05. The topological polar surface area (TPSA) is 100 Å². The largest absolute Gasteiger partial charge is 0.445 e. The minimum absolute atomic E-state index is 0.0526. The number of benzene rings is 1. The van der Waals surface area contributed by atoms with Crippen molar-refractivity contribution in [2.45, 2.75) is 31.8 Å². The van der Waals surface area contributed by atoms with Gasteiger partial charge in [0.05, 0.1) is 20.3 Å². The summed E-state index contributed by atoms with van der Waals surface area (Å²) in [7, 11) is -2.80. The Balaban J connectivity index is 2.04. The Morgan fingerprint density at radius 1 is 1.20 bits per heavy atom. The van der Waals surface area contributed by atoms with E-state index >= 15 is 0 Å². The molecule has 0 saturated carbocycles. The quantitative estimate of drug-likeness (QED) is 0.753. The second kappa shape index (κ2) is 7.69. The van der Waals surface area contributed by atoms with E-state index in [9.17, 15) is 13.2 Å². The maximum absolute atomic E-state index is 12.1. The first kappa shape index (κ1) is 19.6. The summed E-state index contributed by atoms with van der Waals surface area (Å²) in [6.45, 7) is 3.37. The van der Waals surface area contributed by atoms with Crippen molar-refractivity contribution in [2.24, 2.45) is 0 Å². The molecule has 0 spiro atoms. The van der Waals surface area contributed by atoms with Crippen LogP contribution in [-0.2, 0) is 35.1 Å². The van der Waals surface area contributed by atoms with Gasteiger partial charge < -0.3 is 19.5 Å². The first-order valence-electron chi connectivity index (χ1n) is 7.70. The van der Waals surface area contributed by atoms with Gasteiger partial charge in [-0.3, -0.25) is 4.18 Å². The van der Waals surface area contributed by atoms with E-state index in [0.29, 0.717) is 0 Å². The Morgan fingerprint density at radius 2 is 1.80 bits per heavy atom. The Hall–Kier alpha value is -1.68. The molecular weight excluding hydrogens is 350 g/mol. The third-order valence-electron chi connectivity index (χ3n) is 3.68. The van der Waals surface area contributed by atoms with Crippen molar-refractivity contribution in [3.05, 3.63) is 35.9 Å². The summed E-state index contributed by atoms with van der Waals surface area (Å²) in [5.74, 6) is -1.36. The molecule has 1 aromatic rings. The maximum atomic E-state index is 12.1. The third kappa shape index (κ3) is 5.96. The van der Waals surface area contributed by atoms with Crippen LogP contribution in [0.1, 0.15) is 19.4 Å². The van der Waals surface area contributed by atoms with Crippen molar-refractivity contribution in [3.63, 3.8) is 0 Å². The molecule has 1 heterocycles. The molecule has 0 unspecified atom stereocenters. The van der Waals surface area contributed by atoms with Crippen LogP contribution >= 0.6 is 0 Å². The predicted molar refractivity (Wildman–Crippen MR) is 89.3 cm³/mol. The summed E-state index contributed by atoms with van der Waals surface area (Å²) >= 11 is 0. The van der Waals surface area contributed by atoms with Gasteiger partial charge in [0.25, 0.3) is 10.1 Å². The van der Waals surface area contributed by atoms with Crippen molar-refractivity contribution in [2.75, 3.05) is 26.1 Å². The lowest BCUT2D eigenvalue weighted by atomic mass is 10.0. The van der Waals surface area contributed by atoms with Crippen molar-refractivity contribution in [1.82, 2.24) is 5.32 Å². The van der Waals surface area contributed by atoms with Crippen LogP contribution in [0.25, 0.3) is 0 Å². The fourth-order valence-electron chi connectivity index (χ4n) is 2.27. The van der Waals surface area contributed by atoms with Crippen LogP contribution in [0.15, 0.2) is 30.3 Å². The van der Waals surface area contributed by atoms with Gasteiger partial charge in [-0.2, -0.15) is 8.42 Å². The van der Waals surface area contributed by atoms with E-state index in [1.165, 1.54) is 0 Å². The highest BCUT2D eigenvalue weighted by Gasteiger charge is 2.45. The van der Waals surface area contributed by atoms with Crippen LogP contribution in [-0.4, -0.2) is 51.9 Å².